The standard InChI is InChI=1S/C59H100O6/c1-4-7-10-13-16-19-22-25-27-28-29-30-32-34-37-40-43-46-49-52-58(61)64-55-56(54-63-57(60)51-48-45-42-39-36-33-24-21-18-15-12-9-6-3)65-59(62)53-50-47-44-41-38-35-31-26-23-20-17-14-11-8-5-2/h7,10,16,19,25-27,29-31,34,37,43,46,56H,4-6,8-9,11-15,17-18,20-24,28,32-33,35-36,38-42,44-45,47-55H2,1-3H3/b10-7-,19-16-,27-25-,30-29-,31-26-,37-34-,46-43-. The summed E-state index contributed by atoms with van der Waals surface area (Å²) in [5.74, 6) is -0.995. The second-order valence-electron chi connectivity index (χ2n) is 17.8. The van der Waals surface area contributed by atoms with Gasteiger partial charge in [0.05, 0.1) is 0 Å². The van der Waals surface area contributed by atoms with E-state index in [9.17, 15) is 14.4 Å². The van der Waals surface area contributed by atoms with Gasteiger partial charge in [-0.05, 0) is 83.5 Å². The van der Waals surface area contributed by atoms with Crippen LogP contribution in [0.15, 0.2) is 85.1 Å². The van der Waals surface area contributed by atoms with Gasteiger partial charge in [0.1, 0.15) is 13.2 Å². The molecule has 0 heterocycles. The average molecular weight is 905 g/mol. The second kappa shape index (κ2) is 53.2. The fraction of sp³-hybridized carbons (Fsp3) is 0.712. The Morgan fingerprint density at radius 3 is 1.03 bits per heavy atom. The van der Waals surface area contributed by atoms with Crippen LogP contribution in [0.4, 0.5) is 0 Å². The molecule has 0 radical (unpaired) electrons. The van der Waals surface area contributed by atoms with Crippen LogP contribution in [0.25, 0.3) is 0 Å². The maximum atomic E-state index is 12.8. The number of ether oxygens (including phenoxy) is 3. The smallest absolute Gasteiger partial charge is 0.306 e. The van der Waals surface area contributed by atoms with E-state index < -0.39 is 6.10 Å². The van der Waals surface area contributed by atoms with Gasteiger partial charge in [0, 0.05) is 19.3 Å². The summed E-state index contributed by atoms with van der Waals surface area (Å²) in [6, 6.07) is 0. The maximum Gasteiger partial charge on any atom is 0.306 e. The Bertz CT molecular complexity index is 1270. The Morgan fingerprint density at radius 2 is 0.631 bits per heavy atom. The highest BCUT2D eigenvalue weighted by atomic mass is 16.6. The van der Waals surface area contributed by atoms with Crippen molar-refractivity contribution in [2.45, 2.75) is 258 Å². The van der Waals surface area contributed by atoms with Crippen molar-refractivity contribution in [1.29, 1.82) is 0 Å². The van der Waals surface area contributed by atoms with Crippen LogP contribution in [-0.4, -0.2) is 37.2 Å². The number of esters is 3. The Labute approximate surface area is 401 Å². The number of unbranched alkanes of at least 4 members (excludes halogenated alkanes) is 23. The molecule has 0 spiro atoms. The van der Waals surface area contributed by atoms with Crippen molar-refractivity contribution in [3.05, 3.63) is 85.1 Å². The summed E-state index contributed by atoms with van der Waals surface area (Å²) < 4.78 is 16.7. The zero-order valence-electron chi connectivity index (χ0n) is 42.5. The molecule has 0 amide bonds. The first-order valence-corrected chi connectivity index (χ1v) is 27.1. The van der Waals surface area contributed by atoms with Crippen LogP contribution in [0.2, 0.25) is 0 Å². The molecule has 65 heavy (non-hydrogen) atoms. The zero-order chi connectivity index (χ0) is 47.2. The van der Waals surface area contributed by atoms with Crippen molar-refractivity contribution >= 4 is 17.9 Å². The summed E-state index contributed by atoms with van der Waals surface area (Å²) in [6.07, 6.45) is 68.6. The number of carbonyl (C=O) groups excluding carboxylic acids is 3. The molecule has 1 atom stereocenters. The van der Waals surface area contributed by atoms with Crippen LogP contribution >= 0.6 is 0 Å². The molecule has 0 aromatic carbocycles. The molecule has 0 saturated carbocycles. The van der Waals surface area contributed by atoms with E-state index in [1.54, 1.807) is 0 Å². The second-order valence-corrected chi connectivity index (χ2v) is 17.8. The van der Waals surface area contributed by atoms with Crippen LogP contribution in [0, 0.1) is 0 Å². The topological polar surface area (TPSA) is 78.9 Å². The summed E-state index contributed by atoms with van der Waals surface area (Å²) in [5.41, 5.74) is 0. The monoisotopic (exact) mass is 905 g/mol. The molecule has 0 aliphatic carbocycles. The van der Waals surface area contributed by atoms with Crippen LogP contribution in [0.1, 0.15) is 252 Å². The average Bonchev–Trinajstić information content (AvgIpc) is 3.30. The lowest BCUT2D eigenvalue weighted by Crippen LogP contribution is -2.30. The lowest BCUT2D eigenvalue weighted by Gasteiger charge is -2.18. The summed E-state index contributed by atoms with van der Waals surface area (Å²) >= 11 is 0. The molecule has 0 aliphatic heterocycles. The number of hydrogen-bond acceptors (Lipinski definition) is 6. The van der Waals surface area contributed by atoms with Crippen molar-refractivity contribution in [1.82, 2.24) is 0 Å². The van der Waals surface area contributed by atoms with Gasteiger partial charge in [0.2, 0.25) is 0 Å². The third kappa shape index (κ3) is 51.4. The van der Waals surface area contributed by atoms with E-state index in [2.05, 4.69) is 99.8 Å². The molecular formula is C59H100O6. The highest BCUT2D eigenvalue weighted by Crippen LogP contribution is 2.15. The maximum absolute atomic E-state index is 12.8. The van der Waals surface area contributed by atoms with Crippen molar-refractivity contribution in [2.75, 3.05) is 13.2 Å². The number of rotatable bonds is 48. The van der Waals surface area contributed by atoms with Gasteiger partial charge in [0.15, 0.2) is 6.10 Å². The summed E-state index contributed by atoms with van der Waals surface area (Å²) in [4.78, 5) is 38.0. The van der Waals surface area contributed by atoms with E-state index in [0.29, 0.717) is 19.3 Å². The van der Waals surface area contributed by atoms with E-state index in [1.165, 1.54) is 116 Å². The SMILES string of the molecule is CC/C=C\C/C=C\C/C=C\C/C=C\C/C=C\C/C=C\CCC(=O)OCC(COC(=O)CCCCCCCCCCCCCCC)OC(=O)CCCCCCC/C=C\CCCCCCCC. The van der Waals surface area contributed by atoms with Crippen LogP contribution < -0.4 is 0 Å². The molecule has 0 fully saturated rings. The van der Waals surface area contributed by atoms with E-state index in [4.69, 9.17) is 14.2 Å². The molecule has 372 valence electrons. The molecule has 6 nitrogen and oxygen atoms in total. The first kappa shape index (κ1) is 61.6. The highest BCUT2D eigenvalue weighted by Gasteiger charge is 2.19. The van der Waals surface area contributed by atoms with Gasteiger partial charge in [-0.2, -0.15) is 0 Å². The van der Waals surface area contributed by atoms with Gasteiger partial charge < -0.3 is 14.2 Å². The summed E-state index contributed by atoms with van der Waals surface area (Å²) in [7, 11) is 0. The van der Waals surface area contributed by atoms with Crippen molar-refractivity contribution in [3.63, 3.8) is 0 Å². The Kier molecular flexibility index (Phi) is 50.4. The van der Waals surface area contributed by atoms with Gasteiger partial charge in [-0.3, -0.25) is 14.4 Å². The molecule has 0 saturated heterocycles. The summed E-state index contributed by atoms with van der Waals surface area (Å²) in [5, 5.41) is 0. The third-order valence-corrected chi connectivity index (χ3v) is 11.4. The minimum Gasteiger partial charge on any atom is -0.462 e. The first-order chi connectivity index (χ1) is 32.0. The Hall–Kier alpha value is -3.41. The lowest BCUT2D eigenvalue weighted by atomic mass is 10.0. The fourth-order valence-corrected chi connectivity index (χ4v) is 7.35. The van der Waals surface area contributed by atoms with Crippen LogP contribution in [-0.2, 0) is 28.6 Å². The predicted octanol–water partition coefficient (Wildman–Crippen LogP) is 18.0. The highest BCUT2D eigenvalue weighted by molar-refractivity contribution is 5.71. The van der Waals surface area contributed by atoms with Crippen LogP contribution in [0.5, 0.6) is 0 Å². The Balaban J connectivity index is 4.50. The molecule has 0 bridgehead atoms. The van der Waals surface area contributed by atoms with E-state index in [-0.39, 0.29) is 37.5 Å². The van der Waals surface area contributed by atoms with Gasteiger partial charge >= 0.3 is 17.9 Å². The zero-order valence-corrected chi connectivity index (χ0v) is 42.5. The van der Waals surface area contributed by atoms with Crippen LogP contribution in [0.3, 0.4) is 0 Å². The van der Waals surface area contributed by atoms with E-state index >= 15 is 0 Å². The largest absolute Gasteiger partial charge is 0.462 e. The number of allylic oxidation sites excluding steroid dienone is 14. The van der Waals surface area contributed by atoms with Gasteiger partial charge in [-0.25, -0.2) is 0 Å². The fourth-order valence-electron chi connectivity index (χ4n) is 7.35. The third-order valence-electron chi connectivity index (χ3n) is 11.4. The number of hydrogen-bond donors (Lipinski definition) is 0. The van der Waals surface area contributed by atoms with Gasteiger partial charge in [-0.1, -0.05) is 234 Å². The minimum atomic E-state index is -0.809. The van der Waals surface area contributed by atoms with Gasteiger partial charge in [-0.15, -0.1) is 0 Å². The number of carbonyl (C=O) groups is 3. The molecule has 0 aromatic rings. The van der Waals surface area contributed by atoms with Crippen molar-refractivity contribution in [2.24, 2.45) is 0 Å². The molecule has 1 unspecified atom stereocenters. The summed E-state index contributed by atoms with van der Waals surface area (Å²) in [6.45, 7) is 6.45. The van der Waals surface area contributed by atoms with Crippen molar-refractivity contribution in [3.8, 4) is 0 Å². The Morgan fingerprint density at radius 1 is 0.323 bits per heavy atom. The lowest BCUT2D eigenvalue weighted by molar-refractivity contribution is -0.166. The van der Waals surface area contributed by atoms with E-state index in [0.717, 1.165) is 89.9 Å². The first-order valence-electron chi connectivity index (χ1n) is 27.1. The minimum absolute atomic E-state index is 0.101. The normalized spacial score (nSPS) is 12.7. The quantitative estimate of drug-likeness (QED) is 0.0262. The molecule has 6 heteroatoms. The predicted molar refractivity (Wildman–Crippen MR) is 279 cm³/mol. The molecular weight excluding hydrogens is 805 g/mol. The molecule has 0 rings (SSSR count). The van der Waals surface area contributed by atoms with E-state index in [1.807, 2.05) is 6.08 Å². The molecule has 0 aromatic heterocycles. The molecule has 0 N–H and O–H groups in total. The van der Waals surface area contributed by atoms with Gasteiger partial charge in [0.25, 0.3) is 0 Å². The molecule has 0 aliphatic rings. The van der Waals surface area contributed by atoms with Crippen molar-refractivity contribution < 1.29 is 28.6 Å².